The summed E-state index contributed by atoms with van der Waals surface area (Å²) in [6, 6.07) is 15.4. The number of hydrogen-bond acceptors (Lipinski definition) is 2. The Morgan fingerprint density at radius 3 is 2.42 bits per heavy atom. The Labute approximate surface area is 155 Å². The quantitative estimate of drug-likeness (QED) is 0.898. The van der Waals surface area contributed by atoms with Gasteiger partial charge >= 0.3 is 0 Å². The summed E-state index contributed by atoms with van der Waals surface area (Å²) in [5.41, 5.74) is 4.21. The highest BCUT2D eigenvalue weighted by molar-refractivity contribution is 5.92. The zero-order valence-corrected chi connectivity index (χ0v) is 15.7. The zero-order valence-electron chi connectivity index (χ0n) is 15.7. The Morgan fingerprint density at radius 2 is 1.77 bits per heavy atom. The van der Waals surface area contributed by atoms with Gasteiger partial charge < -0.3 is 10.2 Å². The molecule has 1 heterocycles. The number of nitrogens with one attached hydrogen (secondary N) is 1. The van der Waals surface area contributed by atoms with Gasteiger partial charge in [0.2, 0.25) is 11.8 Å². The molecule has 0 bridgehead atoms. The minimum absolute atomic E-state index is 0.00569. The summed E-state index contributed by atoms with van der Waals surface area (Å²) < 4.78 is 0. The van der Waals surface area contributed by atoms with Gasteiger partial charge in [0.1, 0.15) is 6.04 Å². The predicted octanol–water partition coefficient (Wildman–Crippen LogP) is 3.40. The van der Waals surface area contributed by atoms with Crippen LogP contribution in [0.2, 0.25) is 0 Å². The normalized spacial score (nSPS) is 16.5. The van der Waals surface area contributed by atoms with Gasteiger partial charge in [-0.3, -0.25) is 9.59 Å². The topological polar surface area (TPSA) is 49.4 Å². The van der Waals surface area contributed by atoms with Crippen LogP contribution in [0, 0.1) is 0 Å². The van der Waals surface area contributed by atoms with E-state index in [2.05, 4.69) is 24.4 Å². The van der Waals surface area contributed by atoms with Crippen LogP contribution in [0.15, 0.2) is 48.5 Å². The van der Waals surface area contributed by atoms with E-state index in [1.165, 1.54) is 5.56 Å². The number of carbonyl (C=O) groups is 2. The van der Waals surface area contributed by atoms with Gasteiger partial charge in [-0.05, 0) is 42.5 Å². The third-order valence-corrected chi connectivity index (χ3v) is 4.96. The van der Waals surface area contributed by atoms with Crippen LogP contribution in [0.25, 0.3) is 0 Å². The smallest absolute Gasteiger partial charge is 0.247 e. The van der Waals surface area contributed by atoms with Gasteiger partial charge in [0.15, 0.2) is 0 Å². The van der Waals surface area contributed by atoms with Crippen LogP contribution in [-0.4, -0.2) is 22.8 Å². The van der Waals surface area contributed by atoms with Crippen molar-refractivity contribution >= 4 is 11.8 Å². The standard InChI is InChI=1S/C22H26N2O2/c1-4-16-9-11-17(12-10-16)14-23-22(26)21-19-8-6-5-7-18(19)13-20(25)24(21)15(2)3/h5-12,15,21H,4,13-14H2,1-3H3,(H,23,26). The Morgan fingerprint density at radius 1 is 1.12 bits per heavy atom. The molecule has 0 saturated carbocycles. The molecule has 26 heavy (non-hydrogen) atoms. The van der Waals surface area contributed by atoms with Crippen molar-refractivity contribution in [1.82, 2.24) is 10.2 Å². The van der Waals surface area contributed by atoms with Crippen molar-refractivity contribution in [2.75, 3.05) is 0 Å². The summed E-state index contributed by atoms with van der Waals surface area (Å²) in [5, 5.41) is 3.02. The van der Waals surface area contributed by atoms with Gasteiger partial charge in [0, 0.05) is 12.6 Å². The van der Waals surface area contributed by atoms with Gasteiger partial charge in [0.25, 0.3) is 0 Å². The lowest BCUT2D eigenvalue weighted by molar-refractivity contribution is -0.143. The number of nitrogens with zero attached hydrogens (tertiary/aromatic N) is 1. The predicted molar refractivity (Wildman–Crippen MR) is 103 cm³/mol. The summed E-state index contributed by atoms with van der Waals surface area (Å²) in [4.78, 5) is 27.3. The zero-order chi connectivity index (χ0) is 18.7. The molecule has 0 saturated heterocycles. The number of fused-ring (bicyclic) bond motifs is 1. The highest BCUT2D eigenvalue weighted by Gasteiger charge is 2.38. The van der Waals surface area contributed by atoms with E-state index in [0.717, 1.165) is 23.1 Å². The summed E-state index contributed by atoms with van der Waals surface area (Å²) in [7, 11) is 0. The van der Waals surface area contributed by atoms with E-state index in [9.17, 15) is 9.59 Å². The van der Waals surface area contributed by atoms with E-state index in [1.54, 1.807) is 4.90 Å². The molecule has 1 N–H and O–H groups in total. The van der Waals surface area contributed by atoms with Crippen LogP contribution in [0.5, 0.6) is 0 Å². The minimum Gasteiger partial charge on any atom is -0.350 e. The number of rotatable bonds is 5. The first-order valence-corrected chi connectivity index (χ1v) is 9.25. The van der Waals surface area contributed by atoms with Gasteiger partial charge in [-0.2, -0.15) is 0 Å². The summed E-state index contributed by atoms with van der Waals surface area (Å²) in [5.74, 6) is -0.120. The van der Waals surface area contributed by atoms with Crippen molar-refractivity contribution in [3.63, 3.8) is 0 Å². The SMILES string of the molecule is CCc1ccc(CNC(=O)C2c3ccccc3CC(=O)N2C(C)C)cc1. The second-order valence-corrected chi connectivity index (χ2v) is 7.06. The number of benzene rings is 2. The first kappa shape index (κ1) is 18.2. The molecule has 2 amide bonds. The molecule has 4 heteroatoms. The van der Waals surface area contributed by atoms with E-state index < -0.39 is 6.04 Å². The van der Waals surface area contributed by atoms with Gasteiger partial charge in [-0.1, -0.05) is 55.5 Å². The van der Waals surface area contributed by atoms with E-state index >= 15 is 0 Å². The monoisotopic (exact) mass is 350 g/mol. The molecule has 0 fully saturated rings. The molecule has 2 aromatic rings. The van der Waals surface area contributed by atoms with Crippen LogP contribution < -0.4 is 5.32 Å². The van der Waals surface area contributed by atoms with Crippen LogP contribution >= 0.6 is 0 Å². The van der Waals surface area contributed by atoms with Gasteiger partial charge in [-0.15, -0.1) is 0 Å². The molecule has 3 rings (SSSR count). The van der Waals surface area contributed by atoms with E-state index in [1.807, 2.05) is 50.2 Å². The average molecular weight is 350 g/mol. The Bertz CT molecular complexity index is 796. The van der Waals surface area contributed by atoms with Crippen molar-refractivity contribution in [3.05, 3.63) is 70.8 Å². The maximum Gasteiger partial charge on any atom is 0.247 e. The van der Waals surface area contributed by atoms with Crippen LogP contribution in [0.1, 0.15) is 49.1 Å². The fourth-order valence-electron chi connectivity index (χ4n) is 3.54. The molecular weight excluding hydrogens is 324 g/mol. The molecule has 2 aromatic carbocycles. The molecule has 0 radical (unpaired) electrons. The maximum atomic E-state index is 13.0. The van der Waals surface area contributed by atoms with Gasteiger partial charge in [0.05, 0.1) is 6.42 Å². The summed E-state index contributed by atoms with van der Waals surface area (Å²) >= 11 is 0. The number of carbonyl (C=O) groups excluding carboxylic acids is 2. The lowest BCUT2D eigenvalue weighted by Crippen LogP contribution is -2.50. The first-order chi connectivity index (χ1) is 12.5. The fraction of sp³-hybridized carbons (Fsp3) is 0.364. The molecule has 1 aliphatic heterocycles. The van der Waals surface area contributed by atoms with Crippen LogP contribution in [-0.2, 0) is 29.0 Å². The minimum atomic E-state index is -0.567. The molecule has 1 unspecified atom stereocenters. The molecule has 136 valence electrons. The third-order valence-electron chi connectivity index (χ3n) is 4.96. The molecule has 0 aromatic heterocycles. The van der Waals surface area contributed by atoms with Gasteiger partial charge in [-0.25, -0.2) is 0 Å². The molecule has 1 aliphatic rings. The summed E-state index contributed by atoms with van der Waals surface area (Å²) in [6.07, 6.45) is 1.35. The average Bonchev–Trinajstić information content (AvgIpc) is 2.65. The van der Waals surface area contributed by atoms with Crippen LogP contribution in [0.4, 0.5) is 0 Å². The third kappa shape index (κ3) is 3.64. The Balaban J connectivity index is 1.81. The van der Waals surface area contributed by atoms with Crippen molar-refractivity contribution in [3.8, 4) is 0 Å². The van der Waals surface area contributed by atoms with Crippen LogP contribution in [0.3, 0.4) is 0 Å². The largest absolute Gasteiger partial charge is 0.350 e. The second kappa shape index (κ2) is 7.73. The lowest BCUT2D eigenvalue weighted by Gasteiger charge is -2.39. The van der Waals surface area contributed by atoms with E-state index in [4.69, 9.17) is 0 Å². The van der Waals surface area contributed by atoms with Crippen molar-refractivity contribution in [2.45, 2.75) is 52.2 Å². The maximum absolute atomic E-state index is 13.0. The highest BCUT2D eigenvalue weighted by Crippen LogP contribution is 2.32. The van der Waals surface area contributed by atoms with E-state index in [-0.39, 0.29) is 17.9 Å². The van der Waals surface area contributed by atoms with Crippen molar-refractivity contribution < 1.29 is 9.59 Å². The summed E-state index contributed by atoms with van der Waals surface area (Å²) in [6.45, 7) is 6.49. The molecule has 0 spiro atoms. The Hall–Kier alpha value is -2.62. The highest BCUT2D eigenvalue weighted by atomic mass is 16.2. The molecular formula is C22H26N2O2. The van der Waals surface area contributed by atoms with Crippen molar-refractivity contribution in [2.24, 2.45) is 0 Å². The first-order valence-electron chi connectivity index (χ1n) is 9.25. The number of hydrogen-bond donors (Lipinski definition) is 1. The number of amides is 2. The fourth-order valence-corrected chi connectivity index (χ4v) is 3.54. The van der Waals surface area contributed by atoms with Crippen molar-refractivity contribution in [1.29, 1.82) is 0 Å². The lowest BCUT2D eigenvalue weighted by atomic mass is 9.90. The molecule has 4 nitrogen and oxygen atoms in total. The van der Waals surface area contributed by atoms with E-state index in [0.29, 0.717) is 13.0 Å². The molecule has 0 aliphatic carbocycles. The molecule has 1 atom stereocenters. The second-order valence-electron chi connectivity index (χ2n) is 7.06. The number of aryl methyl sites for hydroxylation is 1. The Kier molecular flexibility index (Phi) is 5.40.